The Hall–Kier alpha value is -2.77. The molecule has 1 N–H and O–H groups in total. The highest BCUT2D eigenvalue weighted by Crippen LogP contribution is 2.17. The lowest BCUT2D eigenvalue weighted by Crippen LogP contribution is -2.49. The molecule has 0 radical (unpaired) electrons. The first-order chi connectivity index (χ1) is 14.1. The van der Waals surface area contributed by atoms with Gasteiger partial charge in [0, 0.05) is 69.2 Å². The van der Waals surface area contributed by atoms with Gasteiger partial charge in [-0.25, -0.2) is 4.98 Å². The van der Waals surface area contributed by atoms with Gasteiger partial charge in [0.05, 0.1) is 5.69 Å². The van der Waals surface area contributed by atoms with E-state index in [0.29, 0.717) is 24.8 Å². The number of piperazine rings is 1. The molecule has 3 heterocycles. The van der Waals surface area contributed by atoms with Crippen LogP contribution in [-0.4, -0.2) is 62.3 Å². The van der Waals surface area contributed by atoms with Gasteiger partial charge in [-0.3, -0.25) is 14.4 Å². The molecule has 29 heavy (non-hydrogen) atoms. The van der Waals surface area contributed by atoms with Crippen molar-refractivity contribution < 1.29 is 0 Å². The summed E-state index contributed by atoms with van der Waals surface area (Å²) in [6.45, 7) is 7.21. The molecule has 0 spiro atoms. The van der Waals surface area contributed by atoms with Crippen molar-refractivity contribution in [3.8, 4) is 11.4 Å². The van der Waals surface area contributed by atoms with Gasteiger partial charge in [-0.05, 0) is 25.6 Å². The quantitative estimate of drug-likeness (QED) is 0.695. The molecule has 3 aromatic rings. The van der Waals surface area contributed by atoms with Gasteiger partial charge in [-0.1, -0.05) is 24.3 Å². The summed E-state index contributed by atoms with van der Waals surface area (Å²) in [5, 5.41) is 4.20. The lowest BCUT2D eigenvalue weighted by atomic mass is 10.1. The molecule has 0 amide bonds. The molecule has 1 aliphatic rings. The molecule has 1 aliphatic heterocycles. The van der Waals surface area contributed by atoms with Crippen molar-refractivity contribution in [2.45, 2.75) is 32.5 Å². The van der Waals surface area contributed by atoms with E-state index in [9.17, 15) is 4.79 Å². The van der Waals surface area contributed by atoms with E-state index in [1.807, 2.05) is 29.1 Å². The second-order valence-corrected chi connectivity index (χ2v) is 7.87. The number of H-pyrrole nitrogens is 1. The molecule has 7 heteroatoms. The molecule has 152 valence electrons. The van der Waals surface area contributed by atoms with Crippen molar-refractivity contribution in [1.29, 1.82) is 0 Å². The summed E-state index contributed by atoms with van der Waals surface area (Å²) in [7, 11) is 2.19. The minimum absolute atomic E-state index is 0.124. The Balaban J connectivity index is 1.43. The first kappa shape index (κ1) is 19.5. The van der Waals surface area contributed by atoms with Crippen molar-refractivity contribution in [2.24, 2.45) is 0 Å². The maximum atomic E-state index is 12.1. The predicted octanol–water partition coefficient (Wildman–Crippen LogP) is 2.01. The van der Waals surface area contributed by atoms with Crippen molar-refractivity contribution in [1.82, 2.24) is 29.5 Å². The van der Waals surface area contributed by atoms with Gasteiger partial charge in [0.1, 0.15) is 5.82 Å². The van der Waals surface area contributed by atoms with Crippen molar-refractivity contribution in [3.05, 3.63) is 70.4 Å². The lowest BCUT2D eigenvalue weighted by molar-refractivity contribution is 0.1000. The number of aromatic amines is 1. The number of hydrogen-bond acceptors (Lipinski definition) is 5. The zero-order chi connectivity index (χ0) is 20.2. The van der Waals surface area contributed by atoms with Crippen LogP contribution >= 0.6 is 0 Å². The summed E-state index contributed by atoms with van der Waals surface area (Å²) < 4.78 is 1.84. The highest BCUT2D eigenvalue weighted by molar-refractivity contribution is 5.55. The van der Waals surface area contributed by atoms with E-state index in [0.717, 1.165) is 37.4 Å². The highest BCUT2D eigenvalue weighted by Gasteiger charge is 2.20. The van der Waals surface area contributed by atoms with Gasteiger partial charge >= 0.3 is 0 Å². The number of benzene rings is 1. The SMILES string of the molecule is CC1CN(Cc2ccc(-c3nc(CCn4cccn4)cc(=O)[nH]3)cc2)CCN1C. The number of aryl methyl sites for hydroxylation is 2. The number of hydrogen-bond donors (Lipinski definition) is 1. The predicted molar refractivity (Wildman–Crippen MR) is 114 cm³/mol. The van der Waals surface area contributed by atoms with Crippen molar-refractivity contribution in [3.63, 3.8) is 0 Å². The average Bonchev–Trinajstić information content (AvgIpc) is 3.23. The third-order valence-electron chi connectivity index (χ3n) is 5.63. The van der Waals surface area contributed by atoms with Crippen LogP contribution in [0, 0.1) is 0 Å². The second-order valence-electron chi connectivity index (χ2n) is 7.87. The Morgan fingerprint density at radius 1 is 1.21 bits per heavy atom. The largest absolute Gasteiger partial charge is 0.307 e. The molecule has 1 fully saturated rings. The van der Waals surface area contributed by atoms with Crippen molar-refractivity contribution in [2.75, 3.05) is 26.7 Å². The van der Waals surface area contributed by atoms with Crippen LogP contribution in [0.3, 0.4) is 0 Å². The Morgan fingerprint density at radius 3 is 2.76 bits per heavy atom. The summed E-state index contributed by atoms with van der Waals surface area (Å²) in [6, 6.07) is 12.4. The van der Waals surface area contributed by atoms with E-state index in [1.54, 1.807) is 12.3 Å². The molecule has 2 aromatic heterocycles. The minimum atomic E-state index is -0.124. The molecule has 0 bridgehead atoms. The standard InChI is InChI=1S/C22H28N6O/c1-17-15-27(13-12-26(17)2)16-18-4-6-19(7-5-18)22-24-20(14-21(29)25-22)8-11-28-10-3-9-23-28/h3-7,9-10,14,17H,8,11-13,15-16H2,1-2H3,(H,24,25,29). The third kappa shape index (κ3) is 4.99. The van der Waals surface area contributed by atoms with Crippen LogP contribution in [0.15, 0.2) is 53.6 Å². The first-order valence-corrected chi connectivity index (χ1v) is 10.2. The summed E-state index contributed by atoms with van der Waals surface area (Å²) in [5.41, 5.74) is 2.86. The van der Waals surface area contributed by atoms with E-state index >= 15 is 0 Å². The molecule has 1 unspecified atom stereocenters. The molecule has 7 nitrogen and oxygen atoms in total. The molecule has 0 aliphatic carbocycles. The minimum Gasteiger partial charge on any atom is -0.307 e. The van der Waals surface area contributed by atoms with Gasteiger partial charge in [0.15, 0.2) is 0 Å². The van der Waals surface area contributed by atoms with E-state index < -0.39 is 0 Å². The monoisotopic (exact) mass is 392 g/mol. The Kier molecular flexibility index (Phi) is 5.87. The maximum Gasteiger partial charge on any atom is 0.251 e. The van der Waals surface area contributed by atoms with Crippen LogP contribution in [0.5, 0.6) is 0 Å². The Bertz CT molecular complexity index is 979. The average molecular weight is 393 g/mol. The lowest BCUT2D eigenvalue weighted by Gasteiger charge is -2.37. The molecule has 4 rings (SSSR count). The Labute approximate surface area is 171 Å². The van der Waals surface area contributed by atoms with Gasteiger partial charge in [0.2, 0.25) is 0 Å². The zero-order valence-electron chi connectivity index (χ0n) is 17.1. The fourth-order valence-corrected chi connectivity index (χ4v) is 3.73. The van der Waals surface area contributed by atoms with Crippen molar-refractivity contribution >= 4 is 0 Å². The smallest absolute Gasteiger partial charge is 0.251 e. The number of nitrogens with one attached hydrogen (secondary N) is 1. The molecule has 1 aromatic carbocycles. The van der Waals surface area contributed by atoms with E-state index in [4.69, 9.17) is 0 Å². The number of likely N-dealkylation sites (N-methyl/N-ethyl adjacent to an activating group) is 1. The number of aromatic nitrogens is 4. The number of rotatable bonds is 6. The second kappa shape index (κ2) is 8.71. The molecular weight excluding hydrogens is 364 g/mol. The normalized spacial score (nSPS) is 18.2. The number of nitrogens with zero attached hydrogens (tertiary/aromatic N) is 5. The van der Waals surface area contributed by atoms with E-state index in [2.05, 4.69) is 51.0 Å². The molecular formula is C22H28N6O. The highest BCUT2D eigenvalue weighted by atomic mass is 16.1. The first-order valence-electron chi connectivity index (χ1n) is 10.2. The fraction of sp³-hybridized carbons (Fsp3) is 0.409. The van der Waals surface area contributed by atoms with Crippen LogP contribution in [0.4, 0.5) is 0 Å². The molecule has 1 saturated heterocycles. The molecule has 1 atom stereocenters. The van der Waals surface area contributed by atoms with Crippen LogP contribution in [-0.2, 0) is 19.5 Å². The van der Waals surface area contributed by atoms with Gasteiger partial charge < -0.3 is 9.88 Å². The zero-order valence-corrected chi connectivity index (χ0v) is 17.1. The van der Waals surface area contributed by atoms with E-state index in [-0.39, 0.29) is 5.56 Å². The third-order valence-corrected chi connectivity index (χ3v) is 5.63. The topological polar surface area (TPSA) is 70.0 Å². The summed E-state index contributed by atoms with van der Waals surface area (Å²) in [4.78, 5) is 24.5. The molecule has 0 saturated carbocycles. The van der Waals surface area contributed by atoms with E-state index in [1.165, 1.54) is 5.56 Å². The summed E-state index contributed by atoms with van der Waals surface area (Å²) in [6.07, 6.45) is 4.33. The van der Waals surface area contributed by atoms with Crippen LogP contribution in [0.1, 0.15) is 18.2 Å². The Morgan fingerprint density at radius 2 is 2.03 bits per heavy atom. The van der Waals surface area contributed by atoms with Gasteiger partial charge in [-0.2, -0.15) is 5.10 Å². The van der Waals surface area contributed by atoms with Gasteiger partial charge in [-0.15, -0.1) is 0 Å². The fourth-order valence-electron chi connectivity index (χ4n) is 3.73. The van der Waals surface area contributed by atoms with Gasteiger partial charge in [0.25, 0.3) is 5.56 Å². The maximum absolute atomic E-state index is 12.1. The van der Waals surface area contributed by atoms with Crippen LogP contribution in [0.2, 0.25) is 0 Å². The van der Waals surface area contributed by atoms with Crippen LogP contribution in [0.25, 0.3) is 11.4 Å². The van der Waals surface area contributed by atoms with Crippen LogP contribution < -0.4 is 5.56 Å². The summed E-state index contributed by atoms with van der Waals surface area (Å²) in [5.74, 6) is 0.618. The summed E-state index contributed by atoms with van der Waals surface area (Å²) >= 11 is 0.